The summed E-state index contributed by atoms with van der Waals surface area (Å²) in [4.78, 5) is 0. The van der Waals surface area contributed by atoms with Crippen LogP contribution in [0.4, 0.5) is 0 Å². The third-order valence-electron chi connectivity index (χ3n) is 3.53. The first-order chi connectivity index (χ1) is 7.63. The molecule has 1 aliphatic carbocycles. The molecule has 2 aliphatic rings. The van der Waals surface area contributed by atoms with Crippen molar-refractivity contribution in [3.63, 3.8) is 0 Å². The molecular formula is C11H22N2O2S. The minimum Gasteiger partial charge on any atom is -0.317 e. The summed E-state index contributed by atoms with van der Waals surface area (Å²) in [7, 11) is -3.00. The van der Waals surface area contributed by atoms with Crippen LogP contribution in [0, 0.1) is 5.92 Å². The number of hydrogen-bond donors (Lipinski definition) is 1. The van der Waals surface area contributed by atoms with Gasteiger partial charge in [0, 0.05) is 12.6 Å². The molecule has 1 saturated carbocycles. The lowest BCUT2D eigenvalue weighted by Gasteiger charge is -2.33. The van der Waals surface area contributed by atoms with E-state index in [0.717, 1.165) is 38.8 Å². The molecule has 94 valence electrons. The van der Waals surface area contributed by atoms with Gasteiger partial charge in [-0.15, -0.1) is 0 Å². The van der Waals surface area contributed by atoms with Gasteiger partial charge in [-0.3, -0.25) is 0 Å². The molecule has 0 aromatic carbocycles. The molecule has 5 heteroatoms. The topological polar surface area (TPSA) is 49.4 Å². The summed E-state index contributed by atoms with van der Waals surface area (Å²) in [6.07, 6.45) is 4.11. The van der Waals surface area contributed by atoms with E-state index in [1.165, 1.54) is 0 Å². The smallest absolute Gasteiger partial charge is 0.214 e. The van der Waals surface area contributed by atoms with Gasteiger partial charge in [0.2, 0.25) is 10.0 Å². The fraction of sp³-hybridized carbons (Fsp3) is 1.00. The van der Waals surface area contributed by atoms with Crippen LogP contribution in [-0.2, 0) is 10.0 Å². The largest absolute Gasteiger partial charge is 0.317 e. The summed E-state index contributed by atoms with van der Waals surface area (Å²) < 4.78 is 26.2. The van der Waals surface area contributed by atoms with Crippen LogP contribution in [0.3, 0.4) is 0 Å². The van der Waals surface area contributed by atoms with Gasteiger partial charge in [-0.05, 0) is 44.7 Å². The summed E-state index contributed by atoms with van der Waals surface area (Å²) in [5.41, 5.74) is 0. The summed E-state index contributed by atoms with van der Waals surface area (Å²) in [5.74, 6) is 0.825. The maximum atomic E-state index is 12.2. The van der Waals surface area contributed by atoms with Crippen molar-refractivity contribution in [2.75, 3.05) is 25.4 Å². The van der Waals surface area contributed by atoms with Crippen molar-refractivity contribution in [1.29, 1.82) is 0 Å². The van der Waals surface area contributed by atoms with E-state index in [2.05, 4.69) is 5.32 Å². The monoisotopic (exact) mass is 246 g/mol. The zero-order valence-electron chi connectivity index (χ0n) is 9.98. The molecule has 0 aromatic rings. The van der Waals surface area contributed by atoms with Crippen LogP contribution in [0.5, 0.6) is 0 Å². The van der Waals surface area contributed by atoms with Gasteiger partial charge in [0.25, 0.3) is 0 Å². The highest BCUT2D eigenvalue weighted by molar-refractivity contribution is 7.89. The lowest BCUT2D eigenvalue weighted by molar-refractivity contribution is 0.270. The Balaban J connectivity index is 2.01. The fourth-order valence-electron chi connectivity index (χ4n) is 2.45. The SMILES string of the molecule is CCN(C1CCNCC1)S(=O)(=O)CC1CC1. The second-order valence-corrected chi connectivity index (χ2v) is 6.87. The highest BCUT2D eigenvalue weighted by Crippen LogP contribution is 2.32. The average Bonchev–Trinajstić information content (AvgIpc) is 3.03. The van der Waals surface area contributed by atoms with Crippen LogP contribution in [0.15, 0.2) is 0 Å². The number of sulfonamides is 1. The van der Waals surface area contributed by atoms with Gasteiger partial charge in [0.05, 0.1) is 5.75 Å². The molecule has 0 radical (unpaired) electrons. The van der Waals surface area contributed by atoms with Gasteiger partial charge < -0.3 is 5.32 Å². The van der Waals surface area contributed by atoms with E-state index < -0.39 is 10.0 Å². The Hall–Kier alpha value is -0.130. The zero-order chi connectivity index (χ0) is 11.6. The highest BCUT2D eigenvalue weighted by atomic mass is 32.2. The molecule has 1 aliphatic heterocycles. The van der Waals surface area contributed by atoms with Crippen LogP contribution in [0.25, 0.3) is 0 Å². The zero-order valence-corrected chi connectivity index (χ0v) is 10.8. The first kappa shape index (κ1) is 12.3. The van der Waals surface area contributed by atoms with E-state index in [9.17, 15) is 8.42 Å². The van der Waals surface area contributed by atoms with Crippen molar-refractivity contribution < 1.29 is 8.42 Å². The lowest BCUT2D eigenvalue weighted by atomic mass is 10.1. The molecular weight excluding hydrogens is 224 g/mol. The molecule has 0 spiro atoms. The molecule has 1 saturated heterocycles. The fourth-order valence-corrected chi connectivity index (χ4v) is 4.63. The van der Waals surface area contributed by atoms with E-state index in [4.69, 9.17) is 0 Å². The third-order valence-corrected chi connectivity index (χ3v) is 5.69. The summed E-state index contributed by atoms with van der Waals surface area (Å²) in [5, 5.41) is 3.28. The van der Waals surface area contributed by atoms with Crippen molar-refractivity contribution in [2.45, 2.75) is 38.6 Å². The maximum Gasteiger partial charge on any atom is 0.214 e. The molecule has 0 aromatic heterocycles. The Bertz CT molecular complexity index is 319. The van der Waals surface area contributed by atoms with Gasteiger partial charge in [0.15, 0.2) is 0 Å². The highest BCUT2D eigenvalue weighted by Gasteiger charge is 2.34. The van der Waals surface area contributed by atoms with Crippen LogP contribution >= 0.6 is 0 Å². The minimum atomic E-state index is -3.00. The Morgan fingerprint density at radius 2 is 1.81 bits per heavy atom. The van der Waals surface area contributed by atoms with Crippen LogP contribution < -0.4 is 5.32 Å². The number of nitrogens with one attached hydrogen (secondary N) is 1. The standard InChI is InChI=1S/C11H22N2O2S/c1-2-13(11-5-7-12-8-6-11)16(14,15)9-10-3-4-10/h10-12H,2-9H2,1H3. The normalized spacial score (nSPS) is 23.9. The third kappa shape index (κ3) is 2.96. The van der Waals surface area contributed by atoms with Crippen molar-refractivity contribution in [1.82, 2.24) is 9.62 Å². The van der Waals surface area contributed by atoms with Crippen molar-refractivity contribution in [3.05, 3.63) is 0 Å². The molecule has 2 fully saturated rings. The first-order valence-electron chi connectivity index (χ1n) is 6.33. The predicted octanol–water partition coefficient (Wildman–Crippen LogP) is 0.800. The number of piperidine rings is 1. The van der Waals surface area contributed by atoms with E-state index in [1.807, 2.05) is 6.92 Å². The Morgan fingerprint density at radius 1 is 1.19 bits per heavy atom. The predicted molar refractivity (Wildman–Crippen MR) is 64.8 cm³/mol. The van der Waals surface area contributed by atoms with Crippen molar-refractivity contribution in [3.8, 4) is 0 Å². The average molecular weight is 246 g/mol. The summed E-state index contributed by atoms with van der Waals surface area (Å²) in [6.45, 7) is 4.46. The summed E-state index contributed by atoms with van der Waals surface area (Å²) >= 11 is 0. The Kier molecular flexibility index (Phi) is 3.87. The Labute approximate surface area is 98.4 Å². The molecule has 4 nitrogen and oxygen atoms in total. The molecule has 1 N–H and O–H groups in total. The molecule has 1 heterocycles. The second-order valence-electron chi connectivity index (χ2n) is 4.91. The van der Waals surface area contributed by atoms with Crippen LogP contribution in [0.2, 0.25) is 0 Å². The molecule has 0 bridgehead atoms. The molecule has 16 heavy (non-hydrogen) atoms. The van der Waals surface area contributed by atoms with Gasteiger partial charge in [-0.1, -0.05) is 6.92 Å². The van der Waals surface area contributed by atoms with E-state index in [1.54, 1.807) is 4.31 Å². The Morgan fingerprint density at radius 3 is 2.31 bits per heavy atom. The van der Waals surface area contributed by atoms with E-state index >= 15 is 0 Å². The summed E-state index contributed by atoms with van der Waals surface area (Å²) in [6, 6.07) is 0.231. The maximum absolute atomic E-state index is 12.2. The van der Waals surface area contributed by atoms with Crippen LogP contribution in [0.1, 0.15) is 32.6 Å². The van der Waals surface area contributed by atoms with Gasteiger partial charge in [-0.2, -0.15) is 4.31 Å². The second kappa shape index (κ2) is 5.02. The van der Waals surface area contributed by atoms with Crippen molar-refractivity contribution >= 4 is 10.0 Å². The first-order valence-corrected chi connectivity index (χ1v) is 7.94. The van der Waals surface area contributed by atoms with E-state index in [0.29, 0.717) is 18.2 Å². The molecule has 0 atom stereocenters. The quantitative estimate of drug-likeness (QED) is 0.780. The van der Waals surface area contributed by atoms with E-state index in [-0.39, 0.29) is 6.04 Å². The molecule has 0 unspecified atom stereocenters. The number of nitrogens with zero attached hydrogens (tertiary/aromatic N) is 1. The van der Waals surface area contributed by atoms with Crippen LogP contribution in [-0.4, -0.2) is 44.2 Å². The number of rotatable bonds is 5. The molecule has 0 amide bonds. The molecule has 2 rings (SSSR count). The van der Waals surface area contributed by atoms with Gasteiger partial charge in [-0.25, -0.2) is 8.42 Å². The van der Waals surface area contributed by atoms with Gasteiger partial charge >= 0.3 is 0 Å². The lowest BCUT2D eigenvalue weighted by Crippen LogP contribution is -2.46. The number of hydrogen-bond acceptors (Lipinski definition) is 3. The van der Waals surface area contributed by atoms with Crippen molar-refractivity contribution in [2.24, 2.45) is 5.92 Å². The van der Waals surface area contributed by atoms with Gasteiger partial charge in [0.1, 0.15) is 0 Å². The minimum absolute atomic E-state index is 0.231.